The summed E-state index contributed by atoms with van der Waals surface area (Å²) in [7, 11) is 1.83. The average molecular weight is 383 g/mol. The molecule has 3 heterocycles. The second-order valence-corrected chi connectivity index (χ2v) is 6.48. The standard InChI is InChI=1S/C21H17N7O/c1-27-19(22-14-23-27)13-29-21-17(15-8-4-2-5-9-15)12-18-24-25-20(28(18)26-21)16-10-6-3-7-11-16/h2-12,14H,13H2,1H3. The Morgan fingerprint density at radius 1 is 0.897 bits per heavy atom. The van der Waals surface area contributed by atoms with E-state index in [0.717, 1.165) is 16.7 Å². The Hall–Kier alpha value is -4.07. The molecule has 3 aromatic heterocycles. The molecule has 0 aliphatic carbocycles. The predicted octanol–water partition coefficient (Wildman–Crippen LogP) is 3.17. The third-order valence-electron chi connectivity index (χ3n) is 4.62. The van der Waals surface area contributed by atoms with Crippen LogP contribution in [-0.4, -0.2) is 34.6 Å². The van der Waals surface area contributed by atoms with Gasteiger partial charge in [0.25, 0.3) is 0 Å². The van der Waals surface area contributed by atoms with Crippen LogP contribution in [0.2, 0.25) is 0 Å². The van der Waals surface area contributed by atoms with Crippen molar-refractivity contribution in [2.75, 3.05) is 0 Å². The summed E-state index contributed by atoms with van der Waals surface area (Å²) in [5, 5.41) is 17.5. The van der Waals surface area contributed by atoms with Gasteiger partial charge in [-0.1, -0.05) is 60.7 Å². The fourth-order valence-corrected chi connectivity index (χ4v) is 3.10. The van der Waals surface area contributed by atoms with Crippen LogP contribution in [0.3, 0.4) is 0 Å². The number of fused-ring (bicyclic) bond motifs is 1. The van der Waals surface area contributed by atoms with Gasteiger partial charge in [0.05, 0.1) is 0 Å². The van der Waals surface area contributed by atoms with Crippen molar-refractivity contribution >= 4 is 5.65 Å². The van der Waals surface area contributed by atoms with Gasteiger partial charge in [-0.05, 0) is 11.6 Å². The summed E-state index contributed by atoms with van der Waals surface area (Å²) in [5.74, 6) is 1.84. The van der Waals surface area contributed by atoms with E-state index in [0.29, 0.717) is 23.2 Å². The molecule has 142 valence electrons. The van der Waals surface area contributed by atoms with Gasteiger partial charge in [-0.3, -0.25) is 4.68 Å². The second kappa shape index (κ2) is 7.16. The zero-order chi connectivity index (χ0) is 19.6. The number of ether oxygens (including phenoxy) is 1. The Morgan fingerprint density at radius 2 is 1.62 bits per heavy atom. The van der Waals surface area contributed by atoms with E-state index in [1.54, 1.807) is 9.20 Å². The zero-order valence-electron chi connectivity index (χ0n) is 15.7. The second-order valence-electron chi connectivity index (χ2n) is 6.48. The minimum absolute atomic E-state index is 0.248. The zero-order valence-corrected chi connectivity index (χ0v) is 15.7. The van der Waals surface area contributed by atoms with Crippen LogP contribution in [-0.2, 0) is 13.7 Å². The molecule has 0 bridgehead atoms. The maximum atomic E-state index is 6.07. The molecule has 0 spiro atoms. The van der Waals surface area contributed by atoms with Crippen molar-refractivity contribution < 1.29 is 4.74 Å². The molecule has 0 amide bonds. The van der Waals surface area contributed by atoms with E-state index in [-0.39, 0.29) is 6.61 Å². The molecule has 2 aromatic carbocycles. The first-order valence-corrected chi connectivity index (χ1v) is 9.12. The van der Waals surface area contributed by atoms with Crippen LogP contribution in [0.15, 0.2) is 73.1 Å². The van der Waals surface area contributed by atoms with Crippen LogP contribution in [0.4, 0.5) is 0 Å². The number of hydrogen-bond donors (Lipinski definition) is 0. The number of benzene rings is 2. The smallest absolute Gasteiger partial charge is 0.240 e. The lowest BCUT2D eigenvalue weighted by atomic mass is 10.1. The van der Waals surface area contributed by atoms with Crippen molar-refractivity contribution in [2.24, 2.45) is 7.05 Å². The van der Waals surface area contributed by atoms with E-state index in [2.05, 4.69) is 20.3 Å². The van der Waals surface area contributed by atoms with Gasteiger partial charge in [0.15, 0.2) is 17.3 Å². The lowest BCUT2D eigenvalue weighted by Gasteiger charge is -2.11. The number of hydrogen-bond acceptors (Lipinski definition) is 6. The average Bonchev–Trinajstić information content (AvgIpc) is 3.38. The first-order valence-electron chi connectivity index (χ1n) is 9.12. The molecular weight excluding hydrogens is 366 g/mol. The Bertz CT molecular complexity index is 1260. The van der Waals surface area contributed by atoms with Crippen LogP contribution < -0.4 is 4.74 Å². The third-order valence-corrected chi connectivity index (χ3v) is 4.62. The molecule has 29 heavy (non-hydrogen) atoms. The van der Waals surface area contributed by atoms with E-state index in [9.17, 15) is 0 Å². The summed E-state index contributed by atoms with van der Waals surface area (Å²) in [4.78, 5) is 4.22. The van der Waals surface area contributed by atoms with Crippen molar-refractivity contribution in [3.05, 3.63) is 78.9 Å². The summed E-state index contributed by atoms with van der Waals surface area (Å²) in [6.45, 7) is 0.248. The van der Waals surface area contributed by atoms with Gasteiger partial charge in [-0.2, -0.15) is 9.61 Å². The highest BCUT2D eigenvalue weighted by molar-refractivity contribution is 5.72. The molecule has 5 aromatic rings. The Morgan fingerprint density at radius 3 is 2.31 bits per heavy atom. The molecule has 0 unspecified atom stereocenters. The van der Waals surface area contributed by atoms with E-state index >= 15 is 0 Å². The summed E-state index contributed by atoms with van der Waals surface area (Å²) >= 11 is 0. The molecule has 0 aliphatic rings. The molecule has 0 radical (unpaired) electrons. The summed E-state index contributed by atoms with van der Waals surface area (Å²) in [5.41, 5.74) is 3.40. The van der Waals surface area contributed by atoms with Gasteiger partial charge >= 0.3 is 0 Å². The molecule has 0 saturated carbocycles. The number of nitrogens with zero attached hydrogens (tertiary/aromatic N) is 7. The van der Waals surface area contributed by atoms with Gasteiger partial charge in [-0.25, -0.2) is 4.98 Å². The van der Waals surface area contributed by atoms with Gasteiger partial charge in [0.1, 0.15) is 12.9 Å². The Labute approximate surface area is 166 Å². The van der Waals surface area contributed by atoms with E-state index < -0.39 is 0 Å². The molecule has 0 saturated heterocycles. The number of aryl methyl sites for hydroxylation is 1. The monoisotopic (exact) mass is 383 g/mol. The fraction of sp³-hybridized carbons (Fsp3) is 0.0952. The molecule has 8 nitrogen and oxygen atoms in total. The first-order chi connectivity index (χ1) is 14.3. The van der Waals surface area contributed by atoms with Crippen molar-refractivity contribution in [2.45, 2.75) is 6.61 Å². The predicted molar refractivity (Wildman–Crippen MR) is 107 cm³/mol. The SMILES string of the molecule is Cn1ncnc1COc1nn2c(-c3ccccc3)nnc2cc1-c1ccccc1. The van der Waals surface area contributed by atoms with Gasteiger partial charge < -0.3 is 4.74 Å². The van der Waals surface area contributed by atoms with Crippen molar-refractivity contribution in [1.82, 2.24) is 34.6 Å². The van der Waals surface area contributed by atoms with Gasteiger partial charge in [0, 0.05) is 18.2 Å². The van der Waals surface area contributed by atoms with Crippen LogP contribution in [0.5, 0.6) is 5.88 Å². The molecule has 8 heteroatoms. The molecule has 0 aliphatic heterocycles. The van der Waals surface area contributed by atoms with Crippen molar-refractivity contribution in [1.29, 1.82) is 0 Å². The van der Waals surface area contributed by atoms with Gasteiger partial charge in [-0.15, -0.1) is 15.3 Å². The summed E-state index contributed by atoms with van der Waals surface area (Å²) in [6, 6.07) is 21.7. The normalized spacial score (nSPS) is 11.1. The fourth-order valence-electron chi connectivity index (χ4n) is 3.10. The Balaban J connectivity index is 1.63. The summed E-state index contributed by atoms with van der Waals surface area (Å²) < 4.78 is 9.45. The maximum absolute atomic E-state index is 6.07. The molecular formula is C21H17N7O. The van der Waals surface area contributed by atoms with Crippen LogP contribution >= 0.6 is 0 Å². The maximum Gasteiger partial charge on any atom is 0.240 e. The lowest BCUT2D eigenvalue weighted by Crippen LogP contribution is -2.08. The van der Waals surface area contributed by atoms with Gasteiger partial charge in [0.2, 0.25) is 5.88 Å². The summed E-state index contributed by atoms with van der Waals surface area (Å²) in [6.07, 6.45) is 1.50. The van der Waals surface area contributed by atoms with Crippen LogP contribution in [0, 0.1) is 0 Å². The minimum Gasteiger partial charge on any atom is -0.468 e. The Kier molecular flexibility index (Phi) is 4.21. The molecule has 0 fully saturated rings. The lowest BCUT2D eigenvalue weighted by molar-refractivity contribution is 0.275. The van der Waals surface area contributed by atoms with Crippen molar-refractivity contribution in [3.8, 4) is 28.4 Å². The largest absolute Gasteiger partial charge is 0.468 e. The highest BCUT2D eigenvalue weighted by atomic mass is 16.5. The minimum atomic E-state index is 0.248. The number of rotatable bonds is 5. The van der Waals surface area contributed by atoms with E-state index in [1.807, 2.05) is 73.8 Å². The van der Waals surface area contributed by atoms with Crippen LogP contribution in [0.1, 0.15) is 5.82 Å². The molecule has 0 N–H and O–H groups in total. The van der Waals surface area contributed by atoms with E-state index in [4.69, 9.17) is 9.84 Å². The highest BCUT2D eigenvalue weighted by Gasteiger charge is 2.16. The van der Waals surface area contributed by atoms with Crippen molar-refractivity contribution in [3.63, 3.8) is 0 Å². The quantitative estimate of drug-likeness (QED) is 0.464. The topological polar surface area (TPSA) is 83.0 Å². The third kappa shape index (κ3) is 3.20. The highest BCUT2D eigenvalue weighted by Crippen LogP contribution is 2.30. The number of aromatic nitrogens is 7. The first kappa shape index (κ1) is 17.1. The van der Waals surface area contributed by atoms with Crippen LogP contribution in [0.25, 0.3) is 28.2 Å². The molecule has 0 atom stereocenters. The molecule has 5 rings (SSSR count). The van der Waals surface area contributed by atoms with E-state index in [1.165, 1.54) is 6.33 Å².